The van der Waals surface area contributed by atoms with Gasteiger partial charge in [-0.05, 0) is 12.8 Å². The predicted octanol–water partition coefficient (Wildman–Crippen LogP) is 7.08. The van der Waals surface area contributed by atoms with Crippen LogP contribution >= 0.6 is 12.4 Å². The fraction of sp³-hybridized carbons (Fsp3) is 0.882. The zero-order valence-corrected chi connectivity index (χ0v) is 13.4. The van der Waals surface area contributed by atoms with Crippen molar-refractivity contribution in [1.82, 2.24) is 0 Å². The molecule has 0 aliphatic heterocycles. The van der Waals surface area contributed by atoms with Crippen LogP contribution in [0, 0.1) is 0 Å². The fourth-order valence-electron chi connectivity index (χ4n) is 2.31. The van der Waals surface area contributed by atoms with Crippen molar-refractivity contribution in [2.24, 2.45) is 0 Å². The average Bonchev–Trinajstić information content (AvgIpc) is 2.35. The SMILES string of the molecule is C=CCCCCCCCCCCCCCCC.Cl. The van der Waals surface area contributed by atoms with Gasteiger partial charge in [0.25, 0.3) is 0 Å². The third-order valence-electron chi connectivity index (χ3n) is 3.51. The Labute approximate surface area is 122 Å². The molecule has 0 heterocycles. The molecule has 0 aromatic carbocycles. The molecule has 0 saturated carbocycles. The third kappa shape index (κ3) is 18.4. The highest BCUT2D eigenvalue weighted by Gasteiger charge is 1.93. The Bertz CT molecular complexity index is 143. The second kappa shape index (κ2) is 19.4. The van der Waals surface area contributed by atoms with E-state index in [1.54, 1.807) is 0 Å². The van der Waals surface area contributed by atoms with Crippen LogP contribution in [0.5, 0.6) is 0 Å². The van der Waals surface area contributed by atoms with Gasteiger partial charge in [0.05, 0.1) is 0 Å². The number of halogens is 1. The molecule has 0 nitrogen and oxygen atoms in total. The van der Waals surface area contributed by atoms with Gasteiger partial charge in [0.2, 0.25) is 0 Å². The molecule has 0 spiro atoms. The molecule has 0 atom stereocenters. The minimum absolute atomic E-state index is 0. The molecule has 1 heteroatoms. The molecule has 0 aliphatic carbocycles. The molecule has 0 bridgehead atoms. The van der Waals surface area contributed by atoms with Crippen molar-refractivity contribution >= 4 is 12.4 Å². The second-order valence-electron chi connectivity index (χ2n) is 5.32. The van der Waals surface area contributed by atoms with Gasteiger partial charge in [-0.3, -0.25) is 0 Å². The lowest BCUT2D eigenvalue weighted by atomic mass is 10.0. The quantitative estimate of drug-likeness (QED) is 0.235. The summed E-state index contributed by atoms with van der Waals surface area (Å²) in [6, 6.07) is 0. The van der Waals surface area contributed by atoms with E-state index in [0.717, 1.165) is 0 Å². The van der Waals surface area contributed by atoms with Gasteiger partial charge in [-0.2, -0.15) is 0 Å². The summed E-state index contributed by atoms with van der Waals surface area (Å²) >= 11 is 0. The van der Waals surface area contributed by atoms with Crippen molar-refractivity contribution in [2.75, 3.05) is 0 Å². The van der Waals surface area contributed by atoms with E-state index in [1.165, 1.54) is 89.9 Å². The van der Waals surface area contributed by atoms with Crippen LogP contribution < -0.4 is 0 Å². The number of hydrogen-bond donors (Lipinski definition) is 0. The van der Waals surface area contributed by atoms with Gasteiger partial charge < -0.3 is 0 Å². The Morgan fingerprint density at radius 1 is 0.611 bits per heavy atom. The molecule has 0 unspecified atom stereocenters. The second-order valence-corrected chi connectivity index (χ2v) is 5.32. The molecule has 0 saturated heterocycles. The summed E-state index contributed by atoms with van der Waals surface area (Å²) in [7, 11) is 0. The van der Waals surface area contributed by atoms with Gasteiger partial charge in [-0.15, -0.1) is 19.0 Å². The highest BCUT2D eigenvalue weighted by molar-refractivity contribution is 5.85. The molecule has 0 aromatic heterocycles. The molecule has 18 heavy (non-hydrogen) atoms. The van der Waals surface area contributed by atoms with Gasteiger partial charge >= 0.3 is 0 Å². The summed E-state index contributed by atoms with van der Waals surface area (Å²) in [5, 5.41) is 0. The van der Waals surface area contributed by atoms with Gasteiger partial charge in [0.1, 0.15) is 0 Å². The van der Waals surface area contributed by atoms with E-state index in [0.29, 0.717) is 0 Å². The van der Waals surface area contributed by atoms with Crippen molar-refractivity contribution < 1.29 is 0 Å². The van der Waals surface area contributed by atoms with Crippen LogP contribution in [0.3, 0.4) is 0 Å². The predicted molar refractivity (Wildman–Crippen MR) is 87.8 cm³/mol. The van der Waals surface area contributed by atoms with Crippen LogP contribution in [0.4, 0.5) is 0 Å². The van der Waals surface area contributed by atoms with Crippen molar-refractivity contribution in [3.63, 3.8) is 0 Å². The third-order valence-corrected chi connectivity index (χ3v) is 3.51. The van der Waals surface area contributed by atoms with Gasteiger partial charge in [-0.25, -0.2) is 0 Å². The number of allylic oxidation sites excluding steroid dienone is 1. The standard InChI is InChI=1S/C17H34.ClH/c1-3-5-7-9-11-13-15-17-16-14-12-10-8-6-4-2;/h3H,1,4-17H2,2H3;1H. The van der Waals surface area contributed by atoms with E-state index in [-0.39, 0.29) is 12.4 Å². The fourth-order valence-corrected chi connectivity index (χ4v) is 2.31. The summed E-state index contributed by atoms with van der Waals surface area (Å²) < 4.78 is 0. The number of unbranched alkanes of at least 4 members (excludes halogenated alkanes) is 13. The number of rotatable bonds is 14. The van der Waals surface area contributed by atoms with Gasteiger partial charge in [0.15, 0.2) is 0 Å². The summed E-state index contributed by atoms with van der Waals surface area (Å²) in [6.07, 6.45) is 22.0. The zero-order valence-electron chi connectivity index (χ0n) is 12.6. The lowest BCUT2D eigenvalue weighted by Crippen LogP contribution is -1.82. The number of hydrogen-bond acceptors (Lipinski definition) is 0. The molecule has 0 N–H and O–H groups in total. The summed E-state index contributed by atoms with van der Waals surface area (Å²) in [6.45, 7) is 6.04. The van der Waals surface area contributed by atoms with Crippen molar-refractivity contribution in [3.8, 4) is 0 Å². The van der Waals surface area contributed by atoms with Crippen molar-refractivity contribution in [3.05, 3.63) is 12.7 Å². The van der Waals surface area contributed by atoms with E-state index in [2.05, 4.69) is 13.5 Å². The van der Waals surface area contributed by atoms with Crippen LogP contribution in [0.15, 0.2) is 12.7 Å². The normalized spacial score (nSPS) is 10.1. The van der Waals surface area contributed by atoms with E-state index >= 15 is 0 Å². The Morgan fingerprint density at radius 3 is 1.28 bits per heavy atom. The lowest BCUT2D eigenvalue weighted by molar-refractivity contribution is 0.540. The Kier molecular flexibility index (Phi) is 21.9. The first-order chi connectivity index (χ1) is 8.41. The maximum Gasteiger partial charge on any atom is -0.0353 e. The van der Waals surface area contributed by atoms with Gasteiger partial charge in [-0.1, -0.05) is 90.0 Å². The first kappa shape index (κ1) is 20.3. The molecule has 0 aromatic rings. The first-order valence-electron chi connectivity index (χ1n) is 8.02. The molecule has 0 amide bonds. The Hall–Kier alpha value is 0.0300. The van der Waals surface area contributed by atoms with Crippen molar-refractivity contribution in [1.29, 1.82) is 0 Å². The maximum absolute atomic E-state index is 3.75. The van der Waals surface area contributed by atoms with Crippen LogP contribution in [0.1, 0.15) is 96.8 Å². The Morgan fingerprint density at radius 2 is 0.944 bits per heavy atom. The molecule has 0 rings (SSSR count). The zero-order chi connectivity index (χ0) is 12.6. The topological polar surface area (TPSA) is 0 Å². The monoisotopic (exact) mass is 274 g/mol. The lowest BCUT2D eigenvalue weighted by Gasteiger charge is -2.02. The summed E-state index contributed by atoms with van der Waals surface area (Å²) in [5.74, 6) is 0. The van der Waals surface area contributed by atoms with E-state index < -0.39 is 0 Å². The molecular weight excluding hydrogens is 240 g/mol. The average molecular weight is 275 g/mol. The summed E-state index contributed by atoms with van der Waals surface area (Å²) in [5.41, 5.74) is 0. The minimum atomic E-state index is 0. The first-order valence-corrected chi connectivity index (χ1v) is 8.02. The van der Waals surface area contributed by atoms with Crippen LogP contribution in [0.2, 0.25) is 0 Å². The molecule has 110 valence electrons. The summed E-state index contributed by atoms with van der Waals surface area (Å²) in [4.78, 5) is 0. The minimum Gasteiger partial charge on any atom is -0.147 e. The van der Waals surface area contributed by atoms with Crippen LogP contribution in [-0.2, 0) is 0 Å². The highest BCUT2D eigenvalue weighted by Crippen LogP contribution is 2.12. The highest BCUT2D eigenvalue weighted by atomic mass is 35.5. The smallest absolute Gasteiger partial charge is 0.0353 e. The molecular formula is C17H35Cl. The van der Waals surface area contributed by atoms with Crippen LogP contribution in [0.25, 0.3) is 0 Å². The molecule has 0 aliphatic rings. The van der Waals surface area contributed by atoms with Crippen molar-refractivity contribution in [2.45, 2.75) is 96.8 Å². The molecule has 0 fully saturated rings. The van der Waals surface area contributed by atoms with Crippen LogP contribution in [-0.4, -0.2) is 0 Å². The maximum atomic E-state index is 3.75. The van der Waals surface area contributed by atoms with E-state index in [9.17, 15) is 0 Å². The largest absolute Gasteiger partial charge is 0.147 e. The van der Waals surface area contributed by atoms with E-state index in [1.807, 2.05) is 6.08 Å². The molecule has 0 radical (unpaired) electrons. The Balaban J connectivity index is 0. The van der Waals surface area contributed by atoms with E-state index in [4.69, 9.17) is 0 Å². The van der Waals surface area contributed by atoms with Gasteiger partial charge in [0, 0.05) is 0 Å².